The Hall–Kier alpha value is -1.81. The van der Waals surface area contributed by atoms with E-state index in [0.29, 0.717) is 6.54 Å². The summed E-state index contributed by atoms with van der Waals surface area (Å²) in [6.45, 7) is 8.48. The van der Waals surface area contributed by atoms with Crippen molar-refractivity contribution in [2.75, 3.05) is 11.9 Å². The molecule has 0 fully saturated rings. The molecule has 4 heteroatoms. The topological polar surface area (TPSA) is 64.3 Å². The first kappa shape index (κ1) is 18.5. The van der Waals surface area contributed by atoms with Crippen LogP contribution in [0, 0.1) is 5.92 Å². The molecule has 0 bridgehead atoms. The maximum atomic E-state index is 11.9. The summed E-state index contributed by atoms with van der Waals surface area (Å²) in [5.41, 5.74) is 9.89. The molecule has 4 nitrogen and oxygen atoms in total. The average Bonchev–Trinajstić information content (AvgIpc) is 2.52. The highest BCUT2D eigenvalue weighted by Crippen LogP contribution is 2.32. The molecule has 1 unspecified atom stereocenters. The Morgan fingerprint density at radius 1 is 1.38 bits per heavy atom. The fourth-order valence-electron chi connectivity index (χ4n) is 2.89. The van der Waals surface area contributed by atoms with Gasteiger partial charge in [-0.1, -0.05) is 25.1 Å². The number of hydrogen-bond donors (Lipinski definition) is 2. The Kier molecular flexibility index (Phi) is 6.05. The number of carbonyl (C=O) groups excluding carboxylic acids is 1. The molecule has 0 saturated heterocycles. The van der Waals surface area contributed by atoms with Gasteiger partial charge in [-0.2, -0.15) is 0 Å². The van der Waals surface area contributed by atoms with Crippen molar-refractivity contribution in [2.45, 2.75) is 59.1 Å². The molecule has 3 N–H and O–H groups in total. The van der Waals surface area contributed by atoms with Crippen LogP contribution in [-0.2, 0) is 16.1 Å². The van der Waals surface area contributed by atoms with Crippen molar-refractivity contribution in [3.63, 3.8) is 0 Å². The molecule has 0 aliphatic heterocycles. The molecular weight excluding hydrogens is 300 g/mol. The van der Waals surface area contributed by atoms with Crippen LogP contribution in [-0.4, -0.2) is 18.1 Å². The molecule has 2 rings (SSSR count). The van der Waals surface area contributed by atoms with Gasteiger partial charge in [0.1, 0.15) is 12.1 Å². The highest BCUT2D eigenvalue weighted by molar-refractivity contribution is 5.77. The number of allylic oxidation sites excluding steroid dienone is 2. The van der Waals surface area contributed by atoms with Gasteiger partial charge >= 0.3 is 5.97 Å². The molecule has 0 amide bonds. The van der Waals surface area contributed by atoms with E-state index in [1.807, 2.05) is 26.8 Å². The number of rotatable bonds is 5. The van der Waals surface area contributed by atoms with Gasteiger partial charge in [-0.05, 0) is 68.7 Å². The molecular formula is C20H30N2O2. The van der Waals surface area contributed by atoms with Gasteiger partial charge < -0.3 is 15.8 Å². The Morgan fingerprint density at radius 3 is 2.71 bits per heavy atom. The number of esters is 1. The summed E-state index contributed by atoms with van der Waals surface area (Å²) < 4.78 is 5.35. The first-order valence-electron chi connectivity index (χ1n) is 8.76. The lowest BCUT2D eigenvalue weighted by molar-refractivity contribution is -0.152. The van der Waals surface area contributed by atoms with E-state index in [2.05, 4.69) is 30.4 Å². The summed E-state index contributed by atoms with van der Waals surface area (Å²) in [6.07, 6.45) is 5.80. The third-order valence-electron chi connectivity index (χ3n) is 4.22. The summed E-state index contributed by atoms with van der Waals surface area (Å²) >= 11 is 0. The first-order chi connectivity index (χ1) is 11.3. The quantitative estimate of drug-likeness (QED) is 0.798. The van der Waals surface area contributed by atoms with Crippen LogP contribution in [0.2, 0.25) is 0 Å². The SMILES string of the molecule is CC1CC=C(c2ccc(CN)c(NCC(=O)OC(C)(C)C)c2)CC1. The molecule has 1 aromatic rings. The summed E-state index contributed by atoms with van der Waals surface area (Å²) in [6, 6.07) is 6.28. The van der Waals surface area contributed by atoms with Crippen LogP contribution in [0.5, 0.6) is 0 Å². The molecule has 1 atom stereocenters. The Balaban J connectivity index is 2.10. The molecule has 0 heterocycles. The molecule has 1 aliphatic rings. The predicted octanol–water partition coefficient (Wildman–Crippen LogP) is 4.10. The van der Waals surface area contributed by atoms with Crippen molar-refractivity contribution in [1.82, 2.24) is 0 Å². The van der Waals surface area contributed by atoms with Crippen molar-refractivity contribution in [3.05, 3.63) is 35.4 Å². The normalized spacial score (nSPS) is 18.0. The van der Waals surface area contributed by atoms with E-state index in [1.54, 1.807) is 0 Å². The summed E-state index contributed by atoms with van der Waals surface area (Å²) in [5.74, 6) is 0.503. The number of benzene rings is 1. The minimum Gasteiger partial charge on any atom is -0.459 e. The number of anilines is 1. The monoisotopic (exact) mass is 330 g/mol. The van der Waals surface area contributed by atoms with Gasteiger partial charge in [0.2, 0.25) is 0 Å². The van der Waals surface area contributed by atoms with Gasteiger partial charge in [0, 0.05) is 12.2 Å². The van der Waals surface area contributed by atoms with Gasteiger partial charge in [0.15, 0.2) is 0 Å². The summed E-state index contributed by atoms with van der Waals surface area (Å²) in [5, 5.41) is 3.19. The highest BCUT2D eigenvalue weighted by atomic mass is 16.6. The summed E-state index contributed by atoms with van der Waals surface area (Å²) in [7, 11) is 0. The van der Waals surface area contributed by atoms with Crippen LogP contribution in [0.15, 0.2) is 24.3 Å². The molecule has 24 heavy (non-hydrogen) atoms. The Morgan fingerprint density at radius 2 is 2.12 bits per heavy atom. The first-order valence-corrected chi connectivity index (χ1v) is 8.76. The van der Waals surface area contributed by atoms with Gasteiger partial charge in [0.25, 0.3) is 0 Å². The van der Waals surface area contributed by atoms with Crippen molar-refractivity contribution in [3.8, 4) is 0 Å². The zero-order valence-corrected chi connectivity index (χ0v) is 15.3. The molecule has 132 valence electrons. The average molecular weight is 330 g/mol. The van der Waals surface area contributed by atoms with Gasteiger partial charge in [0.05, 0.1) is 0 Å². The zero-order valence-electron chi connectivity index (χ0n) is 15.3. The minimum atomic E-state index is -0.471. The lowest BCUT2D eigenvalue weighted by Gasteiger charge is -2.21. The number of nitrogens with two attached hydrogens (primary N) is 1. The number of ether oxygens (including phenoxy) is 1. The van der Waals surface area contributed by atoms with Gasteiger partial charge in [-0.3, -0.25) is 4.79 Å². The smallest absolute Gasteiger partial charge is 0.325 e. The van der Waals surface area contributed by atoms with E-state index in [-0.39, 0.29) is 12.5 Å². The second kappa shape index (κ2) is 7.84. The van der Waals surface area contributed by atoms with Crippen molar-refractivity contribution in [2.24, 2.45) is 11.7 Å². The summed E-state index contributed by atoms with van der Waals surface area (Å²) in [4.78, 5) is 11.9. The standard InChI is InChI=1S/C20H30N2O2/c1-14-5-7-15(8-6-14)16-9-10-17(12-21)18(11-16)22-13-19(23)24-20(2,3)4/h7,9-11,14,22H,5-6,8,12-13,21H2,1-4H3. The Bertz CT molecular complexity index is 615. The number of hydrogen-bond acceptors (Lipinski definition) is 4. The van der Waals surface area contributed by atoms with Crippen molar-refractivity contribution >= 4 is 17.2 Å². The van der Waals surface area contributed by atoms with E-state index in [9.17, 15) is 4.79 Å². The molecule has 0 aromatic heterocycles. The fourth-order valence-corrected chi connectivity index (χ4v) is 2.89. The minimum absolute atomic E-state index is 0.143. The lowest BCUT2D eigenvalue weighted by atomic mass is 9.87. The molecule has 0 radical (unpaired) electrons. The van der Waals surface area contributed by atoms with Gasteiger partial charge in [-0.25, -0.2) is 0 Å². The van der Waals surface area contributed by atoms with Gasteiger partial charge in [-0.15, -0.1) is 0 Å². The largest absolute Gasteiger partial charge is 0.459 e. The van der Waals surface area contributed by atoms with Crippen molar-refractivity contribution in [1.29, 1.82) is 0 Å². The third-order valence-corrected chi connectivity index (χ3v) is 4.22. The van der Waals surface area contributed by atoms with Crippen LogP contribution in [0.25, 0.3) is 5.57 Å². The van der Waals surface area contributed by atoms with Crippen LogP contribution in [0.4, 0.5) is 5.69 Å². The molecule has 0 spiro atoms. The van der Waals surface area contributed by atoms with Crippen molar-refractivity contribution < 1.29 is 9.53 Å². The maximum Gasteiger partial charge on any atom is 0.325 e. The van der Waals surface area contributed by atoms with Crippen LogP contribution in [0.1, 0.15) is 58.1 Å². The van der Waals surface area contributed by atoms with E-state index < -0.39 is 5.60 Å². The van der Waals surface area contributed by atoms with Crippen LogP contribution in [0.3, 0.4) is 0 Å². The maximum absolute atomic E-state index is 11.9. The number of carbonyl (C=O) groups is 1. The highest BCUT2D eigenvalue weighted by Gasteiger charge is 2.17. The fraction of sp³-hybridized carbons (Fsp3) is 0.550. The van der Waals surface area contributed by atoms with E-state index in [1.165, 1.54) is 17.6 Å². The van der Waals surface area contributed by atoms with Crippen LogP contribution >= 0.6 is 0 Å². The molecule has 1 aromatic carbocycles. The third kappa shape index (κ3) is 5.38. The number of nitrogens with one attached hydrogen (secondary N) is 1. The molecule has 1 aliphatic carbocycles. The van der Waals surface area contributed by atoms with E-state index in [0.717, 1.165) is 30.0 Å². The Labute approximate surface area is 145 Å². The van der Waals surface area contributed by atoms with Crippen LogP contribution < -0.4 is 11.1 Å². The zero-order chi connectivity index (χ0) is 17.7. The predicted molar refractivity (Wildman–Crippen MR) is 99.7 cm³/mol. The second-order valence-corrected chi connectivity index (χ2v) is 7.62. The second-order valence-electron chi connectivity index (χ2n) is 7.62. The lowest BCUT2D eigenvalue weighted by Crippen LogP contribution is -2.28. The molecule has 0 saturated carbocycles. The van der Waals surface area contributed by atoms with E-state index >= 15 is 0 Å². The van der Waals surface area contributed by atoms with E-state index in [4.69, 9.17) is 10.5 Å².